The maximum absolute atomic E-state index is 11.5. The van der Waals surface area contributed by atoms with Crippen molar-refractivity contribution >= 4 is 21.7 Å². The molecule has 1 heterocycles. The van der Waals surface area contributed by atoms with E-state index in [4.69, 9.17) is 4.43 Å². The average molecular weight is 244 g/mol. The Kier molecular flexibility index (Phi) is 4.67. The molecule has 1 saturated heterocycles. The highest BCUT2D eigenvalue weighted by atomic mass is 28.2. The van der Waals surface area contributed by atoms with Crippen molar-refractivity contribution < 1.29 is 18.8 Å². The molecule has 1 aliphatic rings. The molecule has 5 heteroatoms. The lowest BCUT2D eigenvalue weighted by molar-refractivity contribution is -0.154. The lowest BCUT2D eigenvalue weighted by Gasteiger charge is -2.19. The van der Waals surface area contributed by atoms with Crippen molar-refractivity contribution in [2.45, 2.75) is 39.7 Å². The highest BCUT2D eigenvalue weighted by molar-refractivity contribution is 6.26. The number of carbonyl (C=O) groups excluding carboxylic acids is 2. The number of carbonyl (C=O) groups is 2. The van der Waals surface area contributed by atoms with E-state index in [0.717, 1.165) is 25.5 Å². The van der Waals surface area contributed by atoms with E-state index in [2.05, 4.69) is 4.74 Å². The molecule has 0 saturated carbocycles. The fourth-order valence-corrected chi connectivity index (χ4v) is 2.89. The number of hydrogen-bond acceptors (Lipinski definition) is 4. The van der Waals surface area contributed by atoms with Gasteiger partial charge in [0.25, 0.3) is 0 Å². The third-order valence-corrected chi connectivity index (χ3v) is 4.60. The van der Waals surface area contributed by atoms with Gasteiger partial charge < -0.3 is 9.16 Å². The first-order chi connectivity index (χ1) is 7.50. The fourth-order valence-electron chi connectivity index (χ4n) is 1.91. The Balaban J connectivity index is 2.36. The van der Waals surface area contributed by atoms with Gasteiger partial charge in [-0.1, -0.05) is 6.42 Å². The van der Waals surface area contributed by atoms with Gasteiger partial charge in [-0.05, 0) is 33.2 Å². The van der Waals surface area contributed by atoms with E-state index in [9.17, 15) is 9.59 Å². The normalized spacial score (nSPS) is 24.3. The van der Waals surface area contributed by atoms with E-state index in [1.165, 1.54) is 0 Å². The Morgan fingerprint density at radius 2 is 2.12 bits per heavy atom. The van der Waals surface area contributed by atoms with Crippen LogP contribution in [0.4, 0.5) is 0 Å². The standard InChI is InChI=1S/C11H20O4Si/c1-4-14-16-7-5-6-8-9(12)15-10(13)11(8,2)3/h8H,4-7,16H2,1-3H3. The number of hydrogen-bond donors (Lipinski definition) is 0. The molecule has 1 aliphatic heterocycles. The molecule has 0 aliphatic carbocycles. The Labute approximate surface area is 98.6 Å². The summed E-state index contributed by atoms with van der Waals surface area (Å²) in [4.78, 5) is 22.9. The Bertz CT molecular complexity index is 275. The molecule has 0 N–H and O–H groups in total. The van der Waals surface area contributed by atoms with Crippen molar-refractivity contribution in [3.05, 3.63) is 0 Å². The molecule has 0 radical (unpaired) electrons. The smallest absolute Gasteiger partial charge is 0.320 e. The van der Waals surface area contributed by atoms with Crippen LogP contribution in [0.15, 0.2) is 0 Å². The molecule has 1 atom stereocenters. The molecule has 0 spiro atoms. The van der Waals surface area contributed by atoms with E-state index in [1.807, 2.05) is 6.92 Å². The first-order valence-corrected chi connectivity index (χ1v) is 7.41. The zero-order valence-corrected chi connectivity index (χ0v) is 11.7. The summed E-state index contributed by atoms with van der Waals surface area (Å²) in [6.45, 7) is 6.33. The van der Waals surface area contributed by atoms with Crippen molar-refractivity contribution in [2.75, 3.05) is 6.61 Å². The predicted octanol–water partition coefficient (Wildman–Crippen LogP) is 1.03. The molecule has 0 bridgehead atoms. The highest BCUT2D eigenvalue weighted by Gasteiger charge is 2.50. The minimum absolute atomic E-state index is 0.268. The molecule has 16 heavy (non-hydrogen) atoms. The van der Waals surface area contributed by atoms with Crippen molar-refractivity contribution in [1.82, 2.24) is 0 Å². The molecule has 92 valence electrons. The number of cyclic esters (lactones) is 2. The SMILES string of the molecule is CCO[SiH2]CCCC1C(=O)OC(=O)C1(C)C. The summed E-state index contributed by atoms with van der Waals surface area (Å²) >= 11 is 0. The second-order valence-electron chi connectivity index (χ2n) is 4.68. The summed E-state index contributed by atoms with van der Waals surface area (Å²) in [7, 11) is -0.430. The van der Waals surface area contributed by atoms with Gasteiger partial charge in [-0.2, -0.15) is 0 Å². The second kappa shape index (κ2) is 5.59. The van der Waals surface area contributed by atoms with Gasteiger partial charge >= 0.3 is 11.9 Å². The zero-order valence-electron chi connectivity index (χ0n) is 10.2. The minimum Gasteiger partial charge on any atom is -0.424 e. The number of esters is 2. The van der Waals surface area contributed by atoms with Crippen LogP contribution < -0.4 is 0 Å². The van der Waals surface area contributed by atoms with E-state index < -0.39 is 15.2 Å². The third kappa shape index (κ3) is 2.92. The van der Waals surface area contributed by atoms with Crippen LogP contribution in [0.1, 0.15) is 33.6 Å². The molecular weight excluding hydrogens is 224 g/mol. The van der Waals surface area contributed by atoms with Gasteiger partial charge in [0, 0.05) is 6.61 Å². The Hall–Kier alpha value is -0.683. The lowest BCUT2D eigenvalue weighted by Crippen LogP contribution is -2.27. The molecule has 0 aromatic rings. The van der Waals surface area contributed by atoms with Gasteiger partial charge in [0.2, 0.25) is 0 Å². The maximum atomic E-state index is 11.5. The average Bonchev–Trinajstić information content (AvgIpc) is 2.39. The maximum Gasteiger partial charge on any atom is 0.320 e. The van der Waals surface area contributed by atoms with Crippen LogP contribution in [0, 0.1) is 11.3 Å². The quantitative estimate of drug-likeness (QED) is 0.303. The lowest BCUT2D eigenvalue weighted by atomic mass is 9.79. The highest BCUT2D eigenvalue weighted by Crippen LogP contribution is 2.38. The fraction of sp³-hybridized carbons (Fsp3) is 0.818. The molecule has 0 amide bonds. The topological polar surface area (TPSA) is 52.6 Å². The van der Waals surface area contributed by atoms with E-state index in [-0.39, 0.29) is 17.9 Å². The summed E-state index contributed by atoms with van der Waals surface area (Å²) in [5, 5.41) is 0. The molecule has 0 aromatic carbocycles. The van der Waals surface area contributed by atoms with Gasteiger partial charge in [0.15, 0.2) is 9.76 Å². The van der Waals surface area contributed by atoms with Crippen LogP contribution in [0.5, 0.6) is 0 Å². The van der Waals surface area contributed by atoms with Crippen molar-refractivity contribution in [2.24, 2.45) is 11.3 Å². The summed E-state index contributed by atoms with van der Waals surface area (Å²) in [5.74, 6) is -1.01. The number of rotatable bonds is 6. The van der Waals surface area contributed by atoms with Gasteiger partial charge in [0.1, 0.15) is 0 Å². The summed E-state index contributed by atoms with van der Waals surface area (Å²) < 4.78 is 10.0. The summed E-state index contributed by atoms with van der Waals surface area (Å²) in [5.41, 5.74) is -0.649. The molecule has 4 nitrogen and oxygen atoms in total. The third-order valence-electron chi connectivity index (χ3n) is 3.11. The first-order valence-electron chi connectivity index (χ1n) is 5.84. The molecule has 1 rings (SSSR count). The van der Waals surface area contributed by atoms with Crippen LogP contribution in [0.25, 0.3) is 0 Å². The zero-order chi connectivity index (χ0) is 12.2. The summed E-state index contributed by atoms with van der Waals surface area (Å²) in [6, 6.07) is 1.06. The molecule has 0 aromatic heterocycles. The van der Waals surface area contributed by atoms with Gasteiger partial charge in [-0.25, -0.2) is 0 Å². The van der Waals surface area contributed by atoms with E-state index >= 15 is 0 Å². The molecule has 1 fully saturated rings. The van der Waals surface area contributed by atoms with Gasteiger partial charge in [-0.15, -0.1) is 0 Å². The Morgan fingerprint density at radius 1 is 1.44 bits per heavy atom. The van der Waals surface area contributed by atoms with Crippen LogP contribution in [-0.4, -0.2) is 28.3 Å². The molecular formula is C11H20O4Si. The predicted molar refractivity (Wildman–Crippen MR) is 62.6 cm³/mol. The largest absolute Gasteiger partial charge is 0.424 e. The van der Waals surface area contributed by atoms with Crippen molar-refractivity contribution in [3.8, 4) is 0 Å². The summed E-state index contributed by atoms with van der Waals surface area (Å²) in [6.07, 6.45) is 1.68. The van der Waals surface area contributed by atoms with Gasteiger partial charge in [-0.3, -0.25) is 9.59 Å². The second-order valence-corrected chi connectivity index (χ2v) is 6.20. The number of ether oxygens (including phenoxy) is 1. The van der Waals surface area contributed by atoms with Crippen LogP contribution in [0.3, 0.4) is 0 Å². The van der Waals surface area contributed by atoms with Crippen LogP contribution >= 0.6 is 0 Å². The first kappa shape index (κ1) is 13.4. The van der Waals surface area contributed by atoms with Crippen LogP contribution in [0.2, 0.25) is 6.04 Å². The van der Waals surface area contributed by atoms with Gasteiger partial charge in [0.05, 0.1) is 11.3 Å². The van der Waals surface area contributed by atoms with Crippen molar-refractivity contribution in [1.29, 1.82) is 0 Å². The van der Waals surface area contributed by atoms with Crippen molar-refractivity contribution in [3.63, 3.8) is 0 Å². The Morgan fingerprint density at radius 3 is 2.62 bits per heavy atom. The van der Waals surface area contributed by atoms with Crippen LogP contribution in [-0.2, 0) is 18.8 Å². The monoisotopic (exact) mass is 244 g/mol. The molecule has 1 unspecified atom stereocenters. The minimum atomic E-state index is -0.649. The van der Waals surface area contributed by atoms with E-state index in [0.29, 0.717) is 0 Å². The van der Waals surface area contributed by atoms with E-state index in [1.54, 1.807) is 13.8 Å².